The average Bonchev–Trinajstić information content (AvgIpc) is 3.08. The summed E-state index contributed by atoms with van der Waals surface area (Å²) in [5.74, 6) is 5.80. The number of nitrogens with zero attached hydrogens (tertiary/aromatic N) is 1. The molecule has 0 unspecified atom stereocenters. The Labute approximate surface area is 171 Å². The Kier molecular flexibility index (Phi) is 10.2. The Bertz CT molecular complexity index is 792. The number of hydrogen-bond donors (Lipinski definition) is 2. The van der Waals surface area contributed by atoms with Gasteiger partial charge in [0.15, 0.2) is 0 Å². The van der Waals surface area contributed by atoms with E-state index in [2.05, 4.69) is 23.7 Å². The molecule has 7 heteroatoms. The molecule has 2 rings (SSSR count). The topological polar surface area (TPSA) is 84.3 Å². The number of H-pyrrole nitrogens is 1. The van der Waals surface area contributed by atoms with Crippen LogP contribution in [0.4, 0.5) is 4.39 Å². The maximum absolute atomic E-state index is 13.8. The molecule has 1 aliphatic heterocycles. The smallest absolute Gasteiger partial charge is 0.330 e. The summed E-state index contributed by atoms with van der Waals surface area (Å²) in [6.45, 7) is 1.76. The second kappa shape index (κ2) is 12.6. The largest absolute Gasteiger partial charge is 0.394 e. The van der Waals surface area contributed by atoms with Crippen LogP contribution in [0.25, 0.3) is 0 Å². The highest BCUT2D eigenvalue weighted by Gasteiger charge is 2.36. The molecule has 0 aromatic carbocycles. The number of aliphatic hydroxyl groups excluding tert-OH is 1. The first-order chi connectivity index (χ1) is 14.1. The Balaban J connectivity index is 1.81. The minimum Gasteiger partial charge on any atom is -0.394 e. The predicted octanol–water partition coefficient (Wildman–Crippen LogP) is 3.43. The molecule has 1 aliphatic rings. The zero-order valence-electron chi connectivity index (χ0n) is 17.3. The second-order valence-corrected chi connectivity index (χ2v) is 7.65. The third-order valence-corrected chi connectivity index (χ3v) is 5.25. The Morgan fingerprint density at radius 1 is 1.17 bits per heavy atom. The molecule has 1 aromatic heterocycles. The highest BCUT2D eigenvalue weighted by Crippen LogP contribution is 2.29. The van der Waals surface area contributed by atoms with Crippen LogP contribution in [0.1, 0.15) is 89.3 Å². The number of halogens is 1. The van der Waals surface area contributed by atoms with Crippen LogP contribution in [0.2, 0.25) is 0 Å². The normalized spacial score (nSPS) is 21.1. The molecular weight excluding hydrogens is 375 g/mol. The van der Waals surface area contributed by atoms with Crippen molar-refractivity contribution in [2.45, 2.75) is 96.1 Å². The molecule has 0 aliphatic carbocycles. The van der Waals surface area contributed by atoms with E-state index in [1.54, 1.807) is 0 Å². The van der Waals surface area contributed by atoms with Gasteiger partial charge in [-0.15, -0.1) is 0 Å². The average molecular weight is 409 g/mol. The van der Waals surface area contributed by atoms with E-state index in [-0.39, 0.29) is 12.0 Å². The van der Waals surface area contributed by atoms with Gasteiger partial charge < -0.3 is 9.84 Å². The maximum atomic E-state index is 13.8. The van der Waals surface area contributed by atoms with E-state index in [1.807, 2.05) is 0 Å². The van der Waals surface area contributed by atoms with Crippen molar-refractivity contribution < 1.29 is 14.2 Å². The molecule has 1 aromatic rings. The van der Waals surface area contributed by atoms with Gasteiger partial charge in [-0.2, -0.15) is 0 Å². The van der Waals surface area contributed by atoms with Gasteiger partial charge in [0, 0.05) is 19.0 Å². The van der Waals surface area contributed by atoms with Crippen molar-refractivity contribution in [1.29, 1.82) is 0 Å². The van der Waals surface area contributed by atoms with Crippen LogP contribution in [0.15, 0.2) is 15.8 Å². The van der Waals surface area contributed by atoms with Crippen molar-refractivity contribution in [3.63, 3.8) is 0 Å². The van der Waals surface area contributed by atoms with Gasteiger partial charge in [-0.05, 0) is 6.42 Å². The summed E-state index contributed by atoms with van der Waals surface area (Å²) >= 11 is 0. The van der Waals surface area contributed by atoms with Crippen molar-refractivity contribution in [1.82, 2.24) is 9.55 Å². The van der Waals surface area contributed by atoms with Gasteiger partial charge in [0.25, 0.3) is 5.56 Å². The van der Waals surface area contributed by atoms with Gasteiger partial charge in [0.05, 0.1) is 6.61 Å². The maximum Gasteiger partial charge on any atom is 0.330 e. The molecule has 1 saturated heterocycles. The number of nitrogens with one attached hydrogen (secondary N) is 1. The Morgan fingerprint density at radius 3 is 2.45 bits per heavy atom. The van der Waals surface area contributed by atoms with Crippen LogP contribution < -0.4 is 11.2 Å². The lowest BCUT2D eigenvalue weighted by atomic mass is 10.1. The number of aromatic nitrogens is 2. The van der Waals surface area contributed by atoms with Crippen LogP contribution in [0.3, 0.4) is 0 Å². The molecule has 6 nitrogen and oxygen atoms in total. The zero-order chi connectivity index (χ0) is 21.1. The van der Waals surface area contributed by atoms with Gasteiger partial charge in [-0.1, -0.05) is 70.1 Å². The number of unbranched alkanes of at least 4 members (excludes halogenated alkanes) is 9. The van der Waals surface area contributed by atoms with Crippen LogP contribution in [0, 0.1) is 11.8 Å². The first-order valence-corrected chi connectivity index (χ1v) is 10.8. The van der Waals surface area contributed by atoms with E-state index >= 15 is 0 Å². The number of ether oxygens (including phenoxy) is 1. The number of alkyl halides is 1. The lowest BCUT2D eigenvalue weighted by molar-refractivity contribution is -0.0356. The van der Waals surface area contributed by atoms with Gasteiger partial charge in [0.2, 0.25) is 0 Å². The summed E-state index contributed by atoms with van der Waals surface area (Å²) in [5.41, 5.74) is -1.07. The molecule has 2 heterocycles. The summed E-state index contributed by atoms with van der Waals surface area (Å²) < 4.78 is 20.3. The molecule has 0 spiro atoms. The third kappa shape index (κ3) is 7.45. The molecule has 0 radical (unpaired) electrons. The number of rotatable bonds is 11. The van der Waals surface area contributed by atoms with E-state index in [9.17, 15) is 14.0 Å². The Morgan fingerprint density at radius 2 is 1.83 bits per heavy atom. The third-order valence-electron chi connectivity index (χ3n) is 5.25. The molecule has 0 bridgehead atoms. The van der Waals surface area contributed by atoms with Crippen LogP contribution in [0.5, 0.6) is 0 Å². The molecule has 1 fully saturated rings. The fourth-order valence-corrected chi connectivity index (χ4v) is 3.49. The van der Waals surface area contributed by atoms with Crippen molar-refractivity contribution >= 4 is 0 Å². The number of hydrogen-bond acceptors (Lipinski definition) is 4. The van der Waals surface area contributed by atoms with Gasteiger partial charge in [-0.25, -0.2) is 9.18 Å². The first-order valence-electron chi connectivity index (χ1n) is 10.8. The minimum absolute atomic E-state index is 0.0531. The highest BCUT2D eigenvalue weighted by molar-refractivity contribution is 5.29. The molecule has 0 amide bonds. The Hall–Kier alpha value is -1.91. The van der Waals surface area contributed by atoms with E-state index < -0.39 is 36.4 Å². The minimum atomic E-state index is -1.36. The van der Waals surface area contributed by atoms with E-state index in [1.165, 1.54) is 51.1 Å². The fraction of sp³-hybridized carbons (Fsp3) is 0.727. The van der Waals surface area contributed by atoms with Crippen molar-refractivity contribution in [2.24, 2.45) is 0 Å². The lowest BCUT2D eigenvalue weighted by Gasteiger charge is -2.14. The fourth-order valence-electron chi connectivity index (χ4n) is 3.49. The summed E-state index contributed by atoms with van der Waals surface area (Å²) in [7, 11) is 0. The summed E-state index contributed by atoms with van der Waals surface area (Å²) in [6.07, 6.45) is 9.88. The molecule has 3 atom stereocenters. The number of aromatic amines is 1. The quantitative estimate of drug-likeness (QED) is 0.434. The van der Waals surface area contributed by atoms with Crippen LogP contribution in [-0.2, 0) is 4.74 Å². The van der Waals surface area contributed by atoms with Crippen LogP contribution in [-0.4, -0.2) is 33.5 Å². The first kappa shape index (κ1) is 23.4. The molecule has 162 valence electrons. The lowest BCUT2D eigenvalue weighted by Crippen LogP contribution is -2.33. The van der Waals surface area contributed by atoms with Gasteiger partial charge in [-0.3, -0.25) is 14.3 Å². The monoisotopic (exact) mass is 408 g/mol. The zero-order valence-corrected chi connectivity index (χ0v) is 17.3. The standard InChI is InChI=1S/C22H33FN2O4/c1-2-3-4-5-6-7-8-9-10-11-12-13-17-15-25(22(28)24-21(17)27)20-14-18(23)19(16-26)29-20/h15,18-20,26H,2-11,14,16H2,1H3,(H,24,27,28)/t18-,19+,20+/m0/s1. The summed E-state index contributed by atoms with van der Waals surface area (Å²) in [6, 6.07) is 0. The second-order valence-electron chi connectivity index (χ2n) is 7.65. The SMILES string of the molecule is CCCCCCCCCCCC#Cc1cn([C@H]2C[C@H](F)[C@@H](CO)O2)c(=O)[nH]c1=O. The van der Waals surface area contributed by atoms with Crippen molar-refractivity contribution in [3.8, 4) is 11.8 Å². The van der Waals surface area contributed by atoms with Crippen LogP contribution >= 0.6 is 0 Å². The van der Waals surface area contributed by atoms with E-state index in [0.29, 0.717) is 6.42 Å². The predicted molar refractivity (Wildman–Crippen MR) is 111 cm³/mol. The van der Waals surface area contributed by atoms with Gasteiger partial charge in [0.1, 0.15) is 24.1 Å². The molecule has 29 heavy (non-hydrogen) atoms. The molecule has 0 saturated carbocycles. The van der Waals surface area contributed by atoms with Gasteiger partial charge >= 0.3 is 5.69 Å². The number of aliphatic hydroxyl groups is 1. The highest BCUT2D eigenvalue weighted by atomic mass is 19.1. The summed E-state index contributed by atoms with van der Waals surface area (Å²) in [4.78, 5) is 26.2. The molecule has 2 N–H and O–H groups in total. The van der Waals surface area contributed by atoms with E-state index in [0.717, 1.165) is 17.4 Å². The molecular formula is C22H33FN2O4. The summed E-state index contributed by atoms with van der Waals surface area (Å²) in [5, 5.41) is 9.11. The van der Waals surface area contributed by atoms with E-state index in [4.69, 9.17) is 9.84 Å². The van der Waals surface area contributed by atoms with Crippen molar-refractivity contribution in [3.05, 3.63) is 32.6 Å². The van der Waals surface area contributed by atoms with Crippen molar-refractivity contribution in [2.75, 3.05) is 6.61 Å².